The first-order chi connectivity index (χ1) is 10.1. The highest BCUT2D eigenvalue weighted by atomic mass is 16.5. The molecule has 1 aromatic carbocycles. The minimum Gasteiger partial charge on any atom is -0.478 e. The fraction of sp³-hybridized carbons (Fsp3) is 0.133. The average Bonchev–Trinajstić information content (AvgIpc) is 2.90. The Labute approximate surface area is 120 Å². The number of anilines is 1. The van der Waals surface area contributed by atoms with E-state index in [1.807, 2.05) is 31.2 Å². The first kappa shape index (κ1) is 13.1. The molecule has 0 amide bonds. The van der Waals surface area contributed by atoms with Crippen molar-refractivity contribution in [2.45, 2.75) is 13.5 Å². The quantitative estimate of drug-likeness (QED) is 0.765. The average molecular weight is 283 g/mol. The molecule has 0 aliphatic heterocycles. The van der Waals surface area contributed by atoms with E-state index < -0.39 is 5.97 Å². The SMILES string of the molecule is Cc1cc(CNc2c(C(=O)O)cnc3ccccc23)on1. The molecular weight excluding hydrogens is 270 g/mol. The van der Waals surface area contributed by atoms with Crippen molar-refractivity contribution in [3.63, 3.8) is 0 Å². The summed E-state index contributed by atoms with van der Waals surface area (Å²) in [5, 5.41) is 17.0. The van der Waals surface area contributed by atoms with E-state index in [2.05, 4.69) is 15.5 Å². The summed E-state index contributed by atoms with van der Waals surface area (Å²) in [6.45, 7) is 2.19. The Morgan fingerprint density at radius 2 is 2.19 bits per heavy atom. The van der Waals surface area contributed by atoms with Gasteiger partial charge in [0.1, 0.15) is 5.56 Å². The van der Waals surface area contributed by atoms with E-state index in [1.54, 1.807) is 6.07 Å². The Kier molecular flexibility index (Phi) is 3.27. The Morgan fingerprint density at radius 1 is 1.38 bits per heavy atom. The molecule has 6 nitrogen and oxygen atoms in total. The number of hydrogen-bond donors (Lipinski definition) is 2. The van der Waals surface area contributed by atoms with Crippen LogP contribution in [0.5, 0.6) is 0 Å². The van der Waals surface area contributed by atoms with Crippen molar-refractivity contribution in [1.82, 2.24) is 10.1 Å². The van der Waals surface area contributed by atoms with Crippen LogP contribution in [0.15, 0.2) is 41.1 Å². The maximum atomic E-state index is 11.4. The standard InChI is InChI=1S/C15H13N3O3/c1-9-6-10(21-18-9)7-17-14-11-4-2-3-5-13(11)16-8-12(14)15(19)20/h2-6,8H,7H2,1H3,(H,16,17)(H,19,20). The lowest BCUT2D eigenvalue weighted by molar-refractivity contribution is 0.0697. The Bertz CT molecular complexity index is 811. The largest absolute Gasteiger partial charge is 0.478 e. The predicted octanol–water partition coefficient (Wildman–Crippen LogP) is 2.84. The molecule has 3 rings (SSSR count). The molecule has 0 radical (unpaired) electrons. The number of benzene rings is 1. The van der Waals surface area contributed by atoms with Crippen molar-refractivity contribution in [3.05, 3.63) is 53.5 Å². The van der Waals surface area contributed by atoms with Crippen LogP contribution in [0.3, 0.4) is 0 Å². The van der Waals surface area contributed by atoms with Gasteiger partial charge >= 0.3 is 5.97 Å². The lowest BCUT2D eigenvalue weighted by Gasteiger charge is -2.11. The van der Waals surface area contributed by atoms with Gasteiger partial charge in [-0.2, -0.15) is 0 Å². The third-order valence-electron chi connectivity index (χ3n) is 3.12. The summed E-state index contributed by atoms with van der Waals surface area (Å²) in [4.78, 5) is 15.5. The Hall–Kier alpha value is -2.89. The number of pyridine rings is 1. The number of aromatic nitrogens is 2. The van der Waals surface area contributed by atoms with Crippen LogP contribution in [0.2, 0.25) is 0 Å². The van der Waals surface area contributed by atoms with E-state index >= 15 is 0 Å². The van der Waals surface area contributed by atoms with Crippen LogP contribution >= 0.6 is 0 Å². The monoisotopic (exact) mass is 283 g/mol. The predicted molar refractivity (Wildman–Crippen MR) is 77.3 cm³/mol. The highest BCUT2D eigenvalue weighted by Crippen LogP contribution is 2.26. The van der Waals surface area contributed by atoms with Gasteiger partial charge in [0.25, 0.3) is 0 Å². The summed E-state index contributed by atoms with van der Waals surface area (Å²) in [5.74, 6) is -0.380. The topological polar surface area (TPSA) is 88.2 Å². The minimum absolute atomic E-state index is 0.130. The maximum absolute atomic E-state index is 11.4. The van der Waals surface area contributed by atoms with Gasteiger partial charge in [-0.3, -0.25) is 4.98 Å². The summed E-state index contributed by atoms with van der Waals surface area (Å²) >= 11 is 0. The van der Waals surface area contributed by atoms with Crippen LogP contribution < -0.4 is 5.32 Å². The van der Waals surface area contributed by atoms with Crippen LogP contribution in [0.25, 0.3) is 10.9 Å². The zero-order valence-electron chi connectivity index (χ0n) is 11.3. The number of hydrogen-bond acceptors (Lipinski definition) is 5. The molecule has 0 saturated heterocycles. The molecule has 0 aliphatic carbocycles. The molecule has 0 atom stereocenters. The minimum atomic E-state index is -1.02. The molecule has 0 spiro atoms. The smallest absolute Gasteiger partial charge is 0.339 e. The van der Waals surface area contributed by atoms with Gasteiger partial charge in [0, 0.05) is 17.6 Å². The van der Waals surface area contributed by atoms with Crippen molar-refractivity contribution in [1.29, 1.82) is 0 Å². The first-order valence-corrected chi connectivity index (χ1v) is 6.42. The normalized spacial score (nSPS) is 10.7. The summed E-state index contributed by atoms with van der Waals surface area (Å²) in [6.07, 6.45) is 1.36. The summed E-state index contributed by atoms with van der Waals surface area (Å²) in [6, 6.07) is 9.18. The highest BCUT2D eigenvalue weighted by molar-refractivity contribution is 6.04. The number of nitrogens with one attached hydrogen (secondary N) is 1. The van der Waals surface area contributed by atoms with Gasteiger partial charge in [-0.05, 0) is 13.0 Å². The van der Waals surface area contributed by atoms with Crippen LogP contribution in [0.4, 0.5) is 5.69 Å². The van der Waals surface area contributed by atoms with E-state index in [4.69, 9.17) is 4.52 Å². The molecule has 21 heavy (non-hydrogen) atoms. The van der Waals surface area contributed by atoms with E-state index in [9.17, 15) is 9.90 Å². The van der Waals surface area contributed by atoms with Gasteiger partial charge in [0.15, 0.2) is 5.76 Å². The number of rotatable bonds is 4. The number of carbonyl (C=O) groups is 1. The summed E-state index contributed by atoms with van der Waals surface area (Å²) in [5.41, 5.74) is 2.18. The van der Waals surface area contributed by atoms with E-state index in [1.165, 1.54) is 6.20 Å². The van der Waals surface area contributed by atoms with Gasteiger partial charge in [-0.25, -0.2) is 4.79 Å². The van der Waals surface area contributed by atoms with Gasteiger partial charge in [0.05, 0.1) is 23.4 Å². The Balaban J connectivity index is 2.01. The number of carboxylic acid groups (broad SMARTS) is 1. The van der Waals surface area contributed by atoms with E-state index in [0.717, 1.165) is 16.6 Å². The van der Waals surface area contributed by atoms with Crippen molar-refractivity contribution in [2.75, 3.05) is 5.32 Å². The molecule has 0 bridgehead atoms. The fourth-order valence-electron chi connectivity index (χ4n) is 2.17. The molecule has 0 saturated carbocycles. The second-order valence-corrected chi connectivity index (χ2v) is 4.66. The van der Waals surface area contributed by atoms with Crippen LogP contribution in [0, 0.1) is 6.92 Å². The van der Waals surface area contributed by atoms with Crippen molar-refractivity contribution < 1.29 is 14.4 Å². The number of nitrogens with zero attached hydrogens (tertiary/aromatic N) is 2. The number of aromatic carboxylic acids is 1. The van der Waals surface area contributed by atoms with E-state index in [0.29, 0.717) is 18.0 Å². The molecule has 0 aliphatic rings. The highest BCUT2D eigenvalue weighted by Gasteiger charge is 2.14. The first-order valence-electron chi connectivity index (χ1n) is 6.42. The lowest BCUT2D eigenvalue weighted by Crippen LogP contribution is -2.07. The molecule has 3 aromatic rings. The van der Waals surface area contributed by atoms with Crippen LogP contribution in [-0.2, 0) is 6.54 Å². The number of aryl methyl sites for hydroxylation is 1. The van der Waals surface area contributed by atoms with Crippen molar-refractivity contribution in [2.24, 2.45) is 0 Å². The van der Waals surface area contributed by atoms with Crippen LogP contribution in [0.1, 0.15) is 21.8 Å². The fourth-order valence-corrected chi connectivity index (χ4v) is 2.17. The number of carboxylic acids is 1. The number of para-hydroxylation sites is 1. The zero-order valence-corrected chi connectivity index (χ0v) is 11.3. The molecule has 6 heteroatoms. The Morgan fingerprint density at radius 3 is 2.90 bits per heavy atom. The molecule has 0 unspecified atom stereocenters. The van der Waals surface area contributed by atoms with Crippen LogP contribution in [-0.4, -0.2) is 21.2 Å². The van der Waals surface area contributed by atoms with Gasteiger partial charge in [-0.1, -0.05) is 23.4 Å². The third-order valence-corrected chi connectivity index (χ3v) is 3.12. The molecule has 106 valence electrons. The zero-order chi connectivity index (χ0) is 14.8. The molecule has 0 fully saturated rings. The maximum Gasteiger partial charge on any atom is 0.339 e. The van der Waals surface area contributed by atoms with Crippen molar-refractivity contribution >= 4 is 22.6 Å². The lowest BCUT2D eigenvalue weighted by atomic mass is 10.1. The van der Waals surface area contributed by atoms with Gasteiger partial charge in [0.2, 0.25) is 0 Å². The van der Waals surface area contributed by atoms with E-state index in [-0.39, 0.29) is 5.56 Å². The molecule has 2 N–H and O–H groups in total. The van der Waals surface area contributed by atoms with Gasteiger partial charge < -0.3 is 14.9 Å². The second kappa shape index (κ2) is 5.24. The summed E-state index contributed by atoms with van der Waals surface area (Å²) < 4.78 is 5.12. The molecule has 2 aromatic heterocycles. The molecular formula is C15H13N3O3. The summed E-state index contributed by atoms with van der Waals surface area (Å²) in [7, 11) is 0. The van der Waals surface area contributed by atoms with Crippen molar-refractivity contribution in [3.8, 4) is 0 Å². The van der Waals surface area contributed by atoms with Gasteiger partial charge in [-0.15, -0.1) is 0 Å². The third kappa shape index (κ3) is 2.55. The second-order valence-electron chi connectivity index (χ2n) is 4.66. The number of fused-ring (bicyclic) bond motifs is 1. The molecule has 2 heterocycles.